The van der Waals surface area contributed by atoms with E-state index < -0.39 is 0 Å². The molecule has 0 unspecified atom stereocenters. The molecule has 0 aromatic heterocycles. The molecule has 1 atom stereocenters. The van der Waals surface area contributed by atoms with Crippen LogP contribution in [0.15, 0.2) is 24.3 Å². The summed E-state index contributed by atoms with van der Waals surface area (Å²) in [5, 5.41) is 8.76. The van der Waals surface area contributed by atoms with Gasteiger partial charge in [-0.3, -0.25) is 0 Å². The van der Waals surface area contributed by atoms with Crippen LogP contribution in [0.3, 0.4) is 0 Å². The lowest BCUT2D eigenvalue weighted by Gasteiger charge is -2.27. The third-order valence-electron chi connectivity index (χ3n) is 2.31. The van der Waals surface area contributed by atoms with Gasteiger partial charge in [-0.2, -0.15) is 5.26 Å². The summed E-state index contributed by atoms with van der Waals surface area (Å²) in [6, 6.07) is 9.58. The van der Waals surface area contributed by atoms with Crippen LogP contribution in [0, 0.1) is 16.7 Å². The fraction of sp³-hybridized carbons (Fsp3) is 0.417. The Kier molecular flexibility index (Phi) is 2.93. The fourth-order valence-electron chi connectivity index (χ4n) is 1.30. The van der Waals surface area contributed by atoms with Crippen molar-refractivity contribution in [1.29, 1.82) is 5.26 Å². The van der Waals surface area contributed by atoms with Crippen LogP contribution in [0.5, 0.6) is 0 Å². The van der Waals surface area contributed by atoms with E-state index in [-0.39, 0.29) is 11.5 Å². The summed E-state index contributed by atoms with van der Waals surface area (Å²) >= 11 is 0. The summed E-state index contributed by atoms with van der Waals surface area (Å²) < 4.78 is 0. The molecule has 1 aromatic rings. The molecule has 74 valence electrons. The Bertz CT molecular complexity index is 355. The average molecular weight is 188 g/mol. The third kappa shape index (κ3) is 2.34. The van der Waals surface area contributed by atoms with Crippen LogP contribution in [0.4, 0.5) is 0 Å². The summed E-state index contributed by atoms with van der Waals surface area (Å²) in [6.45, 7) is 6.28. The Hall–Kier alpha value is -1.33. The van der Waals surface area contributed by atoms with Crippen molar-refractivity contribution in [3.63, 3.8) is 0 Å². The first-order valence-electron chi connectivity index (χ1n) is 4.71. The van der Waals surface area contributed by atoms with Crippen LogP contribution in [0.2, 0.25) is 0 Å². The summed E-state index contributed by atoms with van der Waals surface area (Å²) in [7, 11) is 0. The maximum absolute atomic E-state index is 8.76. The highest BCUT2D eigenvalue weighted by molar-refractivity contribution is 5.34. The molecule has 0 saturated heterocycles. The fourth-order valence-corrected chi connectivity index (χ4v) is 1.30. The second-order valence-electron chi connectivity index (χ2n) is 4.58. The first-order valence-corrected chi connectivity index (χ1v) is 4.71. The molecular weight excluding hydrogens is 172 g/mol. The molecule has 0 heterocycles. The van der Waals surface area contributed by atoms with Crippen LogP contribution in [-0.2, 0) is 0 Å². The van der Waals surface area contributed by atoms with Gasteiger partial charge in [0.1, 0.15) is 0 Å². The molecule has 0 bridgehead atoms. The second-order valence-corrected chi connectivity index (χ2v) is 4.58. The lowest BCUT2D eigenvalue weighted by Crippen LogP contribution is -2.26. The van der Waals surface area contributed by atoms with Gasteiger partial charge in [0.15, 0.2) is 0 Å². The monoisotopic (exact) mass is 188 g/mol. The van der Waals surface area contributed by atoms with E-state index in [2.05, 4.69) is 26.8 Å². The maximum atomic E-state index is 8.76. The van der Waals surface area contributed by atoms with Crippen molar-refractivity contribution in [3.05, 3.63) is 35.4 Å². The highest BCUT2D eigenvalue weighted by Gasteiger charge is 2.22. The molecule has 2 N–H and O–H groups in total. The van der Waals surface area contributed by atoms with Crippen molar-refractivity contribution in [2.75, 3.05) is 0 Å². The van der Waals surface area contributed by atoms with Crippen LogP contribution >= 0.6 is 0 Å². The topological polar surface area (TPSA) is 49.8 Å². The summed E-state index contributed by atoms with van der Waals surface area (Å²) in [4.78, 5) is 0. The molecule has 0 saturated carbocycles. The SMILES string of the molecule is CC(C)(C)[C@H](N)c1cccc(C#N)c1. The molecular formula is C12H16N2. The summed E-state index contributed by atoms with van der Waals surface area (Å²) in [5.41, 5.74) is 7.80. The average Bonchev–Trinajstić information content (AvgIpc) is 2.15. The van der Waals surface area contributed by atoms with Crippen molar-refractivity contribution in [2.24, 2.45) is 11.1 Å². The quantitative estimate of drug-likeness (QED) is 0.736. The zero-order valence-corrected chi connectivity index (χ0v) is 8.91. The first kappa shape index (κ1) is 10.7. The van der Waals surface area contributed by atoms with Crippen molar-refractivity contribution in [3.8, 4) is 6.07 Å². The van der Waals surface area contributed by atoms with Gasteiger partial charge in [0.25, 0.3) is 0 Å². The predicted molar refractivity (Wildman–Crippen MR) is 57.5 cm³/mol. The molecule has 0 radical (unpaired) electrons. The minimum Gasteiger partial charge on any atom is -0.324 e. The molecule has 0 fully saturated rings. The van der Waals surface area contributed by atoms with E-state index in [4.69, 9.17) is 11.0 Å². The first-order chi connectivity index (χ1) is 6.45. The zero-order valence-electron chi connectivity index (χ0n) is 8.91. The van der Waals surface area contributed by atoms with Gasteiger partial charge in [-0.1, -0.05) is 32.9 Å². The van der Waals surface area contributed by atoms with Gasteiger partial charge in [0.2, 0.25) is 0 Å². The second kappa shape index (κ2) is 3.81. The smallest absolute Gasteiger partial charge is 0.0991 e. The van der Waals surface area contributed by atoms with Crippen molar-refractivity contribution < 1.29 is 0 Å². The molecule has 0 amide bonds. The van der Waals surface area contributed by atoms with Crippen molar-refractivity contribution >= 4 is 0 Å². The van der Waals surface area contributed by atoms with Gasteiger partial charge in [0, 0.05) is 6.04 Å². The predicted octanol–water partition coefficient (Wildman–Crippen LogP) is 2.60. The number of hydrogen-bond donors (Lipinski definition) is 1. The van der Waals surface area contributed by atoms with Gasteiger partial charge in [0.05, 0.1) is 11.6 Å². The molecule has 0 spiro atoms. The third-order valence-corrected chi connectivity index (χ3v) is 2.31. The standard InChI is InChI=1S/C12H16N2/c1-12(2,3)11(14)10-6-4-5-9(7-10)8-13/h4-7,11H,14H2,1-3H3/t11-/m1/s1. The Morgan fingerprint density at radius 3 is 2.50 bits per heavy atom. The number of benzene rings is 1. The normalized spacial score (nSPS) is 13.4. The van der Waals surface area contributed by atoms with E-state index in [0.717, 1.165) is 5.56 Å². The maximum Gasteiger partial charge on any atom is 0.0991 e. The summed E-state index contributed by atoms with van der Waals surface area (Å²) in [5.74, 6) is 0. The molecule has 0 aliphatic heterocycles. The molecule has 0 aliphatic carbocycles. The van der Waals surface area contributed by atoms with E-state index in [0.29, 0.717) is 5.56 Å². The Morgan fingerprint density at radius 2 is 2.00 bits per heavy atom. The largest absolute Gasteiger partial charge is 0.324 e. The Balaban J connectivity index is 3.03. The molecule has 0 aliphatic rings. The lowest BCUT2D eigenvalue weighted by atomic mass is 9.83. The molecule has 1 rings (SSSR count). The lowest BCUT2D eigenvalue weighted by molar-refractivity contribution is 0.327. The number of nitrogens with zero attached hydrogens (tertiary/aromatic N) is 1. The Labute approximate surface area is 85.4 Å². The van der Waals surface area contributed by atoms with Gasteiger partial charge >= 0.3 is 0 Å². The number of hydrogen-bond acceptors (Lipinski definition) is 2. The number of nitrogens with two attached hydrogens (primary N) is 1. The van der Waals surface area contributed by atoms with E-state index in [1.165, 1.54) is 0 Å². The highest BCUT2D eigenvalue weighted by atomic mass is 14.7. The van der Waals surface area contributed by atoms with Crippen LogP contribution in [0.1, 0.15) is 37.9 Å². The van der Waals surface area contributed by atoms with Gasteiger partial charge in [-0.25, -0.2) is 0 Å². The van der Waals surface area contributed by atoms with Gasteiger partial charge in [-0.05, 0) is 23.1 Å². The molecule has 2 heteroatoms. The van der Waals surface area contributed by atoms with Crippen LogP contribution < -0.4 is 5.73 Å². The highest BCUT2D eigenvalue weighted by Crippen LogP contribution is 2.30. The van der Waals surface area contributed by atoms with Gasteiger partial charge < -0.3 is 5.73 Å². The Morgan fingerprint density at radius 1 is 1.36 bits per heavy atom. The van der Waals surface area contributed by atoms with Crippen LogP contribution in [0.25, 0.3) is 0 Å². The molecule has 14 heavy (non-hydrogen) atoms. The molecule has 2 nitrogen and oxygen atoms in total. The minimum absolute atomic E-state index is 0.0219. The molecule has 1 aromatic carbocycles. The minimum atomic E-state index is -0.0317. The van der Waals surface area contributed by atoms with Gasteiger partial charge in [-0.15, -0.1) is 0 Å². The van der Waals surface area contributed by atoms with Crippen molar-refractivity contribution in [2.45, 2.75) is 26.8 Å². The zero-order chi connectivity index (χ0) is 10.8. The van der Waals surface area contributed by atoms with E-state index in [1.807, 2.05) is 18.2 Å². The van der Waals surface area contributed by atoms with E-state index >= 15 is 0 Å². The summed E-state index contributed by atoms with van der Waals surface area (Å²) in [6.07, 6.45) is 0. The van der Waals surface area contributed by atoms with E-state index in [9.17, 15) is 0 Å². The number of nitriles is 1. The number of rotatable bonds is 1. The van der Waals surface area contributed by atoms with Crippen molar-refractivity contribution in [1.82, 2.24) is 0 Å². The van der Waals surface area contributed by atoms with E-state index in [1.54, 1.807) is 6.07 Å². The van der Waals surface area contributed by atoms with Crippen LogP contribution in [-0.4, -0.2) is 0 Å².